The Hall–Kier alpha value is -1.47. The zero-order valence-corrected chi connectivity index (χ0v) is 14.1. The van der Waals surface area contributed by atoms with E-state index in [0.717, 1.165) is 0 Å². The van der Waals surface area contributed by atoms with Gasteiger partial charge in [0.15, 0.2) is 5.78 Å². The zero-order valence-electron chi connectivity index (χ0n) is 14.1. The Labute approximate surface area is 131 Å². The Morgan fingerprint density at radius 1 is 1.09 bits per heavy atom. The summed E-state index contributed by atoms with van der Waals surface area (Å²) in [5.74, 6) is -2.83. The van der Waals surface area contributed by atoms with Crippen molar-refractivity contribution in [3.8, 4) is 0 Å². The SMILES string of the molecule is CC(=O)C(NC(=O)C(CC(C)C)C(O)C(=O)NO)C(C)(C)C. The number of aliphatic hydroxyl groups is 1. The van der Waals surface area contributed by atoms with Gasteiger partial charge in [0.1, 0.15) is 6.10 Å². The Kier molecular flexibility index (Phi) is 7.69. The van der Waals surface area contributed by atoms with Gasteiger partial charge in [-0.15, -0.1) is 0 Å². The average molecular weight is 316 g/mol. The van der Waals surface area contributed by atoms with Crippen LogP contribution in [-0.4, -0.2) is 40.1 Å². The van der Waals surface area contributed by atoms with Crippen molar-refractivity contribution in [3.63, 3.8) is 0 Å². The molecular weight excluding hydrogens is 288 g/mol. The smallest absolute Gasteiger partial charge is 0.272 e. The van der Waals surface area contributed by atoms with Crippen LogP contribution in [0.2, 0.25) is 0 Å². The molecule has 0 rings (SSSR count). The maximum absolute atomic E-state index is 12.4. The van der Waals surface area contributed by atoms with Gasteiger partial charge in [0.2, 0.25) is 5.91 Å². The Bertz CT molecular complexity index is 415. The van der Waals surface area contributed by atoms with Crippen molar-refractivity contribution in [2.75, 3.05) is 0 Å². The molecule has 0 aromatic rings. The second-order valence-corrected chi connectivity index (χ2v) is 7.08. The maximum atomic E-state index is 12.4. The van der Waals surface area contributed by atoms with E-state index in [1.807, 2.05) is 34.6 Å². The normalized spacial score (nSPS) is 15.9. The van der Waals surface area contributed by atoms with Crippen LogP contribution in [-0.2, 0) is 14.4 Å². The molecule has 22 heavy (non-hydrogen) atoms. The molecule has 0 fully saturated rings. The first-order chi connectivity index (χ1) is 9.91. The summed E-state index contributed by atoms with van der Waals surface area (Å²) in [6.45, 7) is 10.5. The van der Waals surface area contributed by atoms with E-state index in [9.17, 15) is 19.5 Å². The van der Waals surface area contributed by atoms with Crippen molar-refractivity contribution in [2.24, 2.45) is 17.3 Å². The molecule has 0 radical (unpaired) electrons. The largest absolute Gasteiger partial charge is 0.382 e. The number of rotatable bonds is 7. The molecule has 4 N–H and O–H groups in total. The number of hydroxylamine groups is 1. The molecule has 0 aliphatic heterocycles. The number of carbonyl (C=O) groups excluding carboxylic acids is 3. The third kappa shape index (κ3) is 6.11. The van der Waals surface area contributed by atoms with Crippen LogP contribution in [0.4, 0.5) is 0 Å². The van der Waals surface area contributed by atoms with Crippen LogP contribution in [0, 0.1) is 17.3 Å². The van der Waals surface area contributed by atoms with Crippen LogP contribution in [0.5, 0.6) is 0 Å². The highest BCUT2D eigenvalue weighted by Gasteiger charge is 2.37. The molecule has 3 unspecified atom stereocenters. The number of nitrogens with one attached hydrogen (secondary N) is 2. The van der Waals surface area contributed by atoms with E-state index in [0.29, 0.717) is 0 Å². The van der Waals surface area contributed by atoms with Crippen molar-refractivity contribution in [2.45, 2.75) is 60.1 Å². The minimum atomic E-state index is -1.68. The molecule has 3 atom stereocenters. The number of amides is 2. The van der Waals surface area contributed by atoms with Gasteiger partial charge in [-0.05, 0) is 24.7 Å². The Balaban J connectivity index is 5.27. The molecule has 2 amide bonds. The van der Waals surface area contributed by atoms with E-state index in [4.69, 9.17) is 5.21 Å². The number of hydrogen-bond donors (Lipinski definition) is 4. The fourth-order valence-corrected chi connectivity index (χ4v) is 2.31. The lowest BCUT2D eigenvalue weighted by Gasteiger charge is -2.32. The summed E-state index contributed by atoms with van der Waals surface area (Å²) in [7, 11) is 0. The predicted molar refractivity (Wildman–Crippen MR) is 80.9 cm³/mol. The zero-order chi connectivity index (χ0) is 17.7. The summed E-state index contributed by atoms with van der Waals surface area (Å²) in [4.78, 5) is 35.5. The van der Waals surface area contributed by atoms with Gasteiger partial charge in [-0.2, -0.15) is 0 Å². The van der Waals surface area contributed by atoms with Crippen molar-refractivity contribution < 1.29 is 24.7 Å². The van der Waals surface area contributed by atoms with Crippen LogP contribution >= 0.6 is 0 Å². The molecule has 7 nitrogen and oxygen atoms in total. The van der Waals surface area contributed by atoms with Gasteiger partial charge >= 0.3 is 0 Å². The molecule has 0 spiro atoms. The van der Waals surface area contributed by atoms with E-state index in [1.54, 1.807) is 0 Å². The third-order valence-corrected chi connectivity index (χ3v) is 3.38. The quantitative estimate of drug-likeness (QED) is 0.406. The van der Waals surface area contributed by atoms with Crippen molar-refractivity contribution in [3.05, 3.63) is 0 Å². The number of hydrogen-bond acceptors (Lipinski definition) is 5. The topological polar surface area (TPSA) is 116 Å². The van der Waals surface area contributed by atoms with Crippen LogP contribution in [0.15, 0.2) is 0 Å². The van der Waals surface area contributed by atoms with Crippen molar-refractivity contribution in [1.29, 1.82) is 0 Å². The highest BCUT2D eigenvalue weighted by atomic mass is 16.5. The van der Waals surface area contributed by atoms with Crippen LogP contribution in [0.1, 0.15) is 48.0 Å². The molecule has 7 heteroatoms. The van der Waals surface area contributed by atoms with Gasteiger partial charge in [0.25, 0.3) is 5.91 Å². The van der Waals surface area contributed by atoms with Crippen molar-refractivity contribution >= 4 is 17.6 Å². The fourth-order valence-electron chi connectivity index (χ4n) is 2.31. The highest BCUT2D eigenvalue weighted by molar-refractivity contribution is 5.92. The monoisotopic (exact) mass is 316 g/mol. The Morgan fingerprint density at radius 2 is 1.59 bits per heavy atom. The molecule has 0 aliphatic carbocycles. The molecule has 0 saturated heterocycles. The fraction of sp³-hybridized carbons (Fsp3) is 0.800. The van der Waals surface area contributed by atoms with E-state index in [1.165, 1.54) is 12.4 Å². The predicted octanol–water partition coefficient (Wildman–Crippen LogP) is 0.635. The molecule has 0 heterocycles. The van der Waals surface area contributed by atoms with Crippen LogP contribution < -0.4 is 10.8 Å². The minimum Gasteiger partial charge on any atom is -0.382 e. The highest BCUT2D eigenvalue weighted by Crippen LogP contribution is 2.22. The first-order valence-electron chi connectivity index (χ1n) is 7.34. The van der Waals surface area contributed by atoms with Gasteiger partial charge in [-0.1, -0.05) is 34.6 Å². The lowest BCUT2D eigenvalue weighted by atomic mass is 9.83. The van der Waals surface area contributed by atoms with Gasteiger partial charge in [0.05, 0.1) is 12.0 Å². The van der Waals surface area contributed by atoms with E-state index < -0.39 is 35.3 Å². The molecule has 0 aromatic heterocycles. The van der Waals surface area contributed by atoms with Gasteiger partial charge in [-0.25, -0.2) is 5.48 Å². The van der Waals surface area contributed by atoms with Gasteiger partial charge < -0.3 is 10.4 Å². The number of ketones is 1. The van der Waals surface area contributed by atoms with E-state index >= 15 is 0 Å². The number of aliphatic hydroxyl groups excluding tert-OH is 1. The lowest BCUT2D eigenvalue weighted by molar-refractivity contribution is -0.147. The molecule has 0 bridgehead atoms. The van der Waals surface area contributed by atoms with Gasteiger partial charge in [0, 0.05) is 0 Å². The second-order valence-electron chi connectivity index (χ2n) is 7.08. The summed E-state index contributed by atoms with van der Waals surface area (Å²) in [5, 5.41) is 21.2. The molecular formula is C15H28N2O5. The minimum absolute atomic E-state index is 0.0438. The summed E-state index contributed by atoms with van der Waals surface area (Å²) in [6, 6.07) is -0.723. The Morgan fingerprint density at radius 3 is 1.91 bits per heavy atom. The van der Waals surface area contributed by atoms with E-state index in [2.05, 4.69) is 5.32 Å². The molecule has 128 valence electrons. The first-order valence-corrected chi connectivity index (χ1v) is 7.34. The maximum Gasteiger partial charge on any atom is 0.272 e. The third-order valence-electron chi connectivity index (χ3n) is 3.38. The molecule has 0 aliphatic rings. The van der Waals surface area contributed by atoms with Crippen LogP contribution in [0.3, 0.4) is 0 Å². The summed E-state index contributed by atoms with van der Waals surface area (Å²) >= 11 is 0. The summed E-state index contributed by atoms with van der Waals surface area (Å²) in [5.41, 5.74) is 0.852. The van der Waals surface area contributed by atoms with E-state index in [-0.39, 0.29) is 18.1 Å². The van der Waals surface area contributed by atoms with Crippen molar-refractivity contribution in [1.82, 2.24) is 10.8 Å². The van der Waals surface area contributed by atoms with Gasteiger partial charge in [-0.3, -0.25) is 19.6 Å². The van der Waals surface area contributed by atoms with Crippen LogP contribution in [0.25, 0.3) is 0 Å². The standard InChI is InChI=1S/C15H28N2O5/c1-8(2)7-10(11(19)14(21)17-22)13(20)16-12(9(3)18)15(4,5)6/h8,10-12,19,22H,7H2,1-6H3,(H,16,20)(H,17,21). The lowest BCUT2D eigenvalue weighted by Crippen LogP contribution is -2.53. The summed E-state index contributed by atoms with van der Waals surface area (Å²) in [6.07, 6.45) is -1.44. The number of Topliss-reactive ketones (excluding diaryl/α,β-unsaturated/α-hetero) is 1. The second kappa shape index (κ2) is 8.24. The number of carbonyl (C=O) groups is 3. The molecule has 0 aromatic carbocycles. The first kappa shape index (κ1) is 20.5. The summed E-state index contributed by atoms with van der Waals surface area (Å²) < 4.78 is 0. The average Bonchev–Trinajstić information content (AvgIpc) is 2.38. The molecule has 0 saturated carbocycles.